The predicted molar refractivity (Wildman–Crippen MR) is 113 cm³/mol. The number of hydrogen-bond donors (Lipinski definition) is 1. The van der Waals surface area contributed by atoms with Gasteiger partial charge in [-0.05, 0) is 51.9 Å². The van der Waals surface area contributed by atoms with E-state index in [1.165, 1.54) is 38.5 Å². The first-order valence-electron chi connectivity index (χ1n) is 12.2. The zero-order valence-electron chi connectivity index (χ0n) is 18.1. The van der Waals surface area contributed by atoms with Crippen molar-refractivity contribution in [3.8, 4) is 0 Å². The van der Waals surface area contributed by atoms with Gasteiger partial charge < -0.3 is 24.4 Å². The smallest absolute Gasteiger partial charge is 0.194 e. The molecule has 5 aliphatic rings. The molecule has 0 radical (unpaired) electrons. The summed E-state index contributed by atoms with van der Waals surface area (Å²) in [5.74, 6) is 1.81. The molecular formula is C23H39N3O3. The molecule has 164 valence electrons. The Morgan fingerprint density at radius 1 is 1.07 bits per heavy atom. The van der Waals surface area contributed by atoms with Crippen molar-refractivity contribution >= 4 is 5.96 Å². The van der Waals surface area contributed by atoms with Gasteiger partial charge in [0.15, 0.2) is 5.96 Å². The van der Waals surface area contributed by atoms with Crippen molar-refractivity contribution in [1.29, 1.82) is 0 Å². The molecule has 29 heavy (non-hydrogen) atoms. The number of likely N-dealkylation sites (tertiary alicyclic amines) is 1. The van der Waals surface area contributed by atoms with E-state index in [1.54, 1.807) is 0 Å². The van der Waals surface area contributed by atoms with Gasteiger partial charge >= 0.3 is 0 Å². The van der Waals surface area contributed by atoms with E-state index in [0.29, 0.717) is 35.7 Å². The molecule has 1 N–H and O–H groups in total. The maximum absolute atomic E-state index is 6.17. The standard InChI is InChI=1S/C23H39N3O3/c1-2-24-22(25-20-19-9-15-28-21(19)23(20)10-3-4-11-23)26-12-7-17(8-13-26)29-16-18-6-5-14-27-18/h17-21H,2-16H2,1H3,(H,24,25). The van der Waals surface area contributed by atoms with Gasteiger partial charge in [-0.2, -0.15) is 0 Å². The summed E-state index contributed by atoms with van der Waals surface area (Å²) >= 11 is 0. The Balaban J connectivity index is 1.16. The average Bonchev–Trinajstić information content (AvgIpc) is 3.51. The molecule has 0 amide bonds. The Hall–Kier alpha value is -0.850. The lowest BCUT2D eigenvalue weighted by atomic mass is 9.54. The fourth-order valence-electron chi connectivity index (χ4n) is 6.68. The van der Waals surface area contributed by atoms with Gasteiger partial charge in [0.2, 0.25) is 0 Å². The molecule has 3 saturated heterocycles. The first-order chi connectivity index (χ1) is 14.3. The van der Waals surface area contributed by atoms with E-state index in [1.807, 2.05) is 0 Å². The van der Waals surface area contributed by atoms with Gasteiger partial charge in [-0.3, -0.25) is 4.99 Å². The second-order valence-electron chi connectivity index (χ2n) is 9.76. The Kier molecular flexibility index (Phi) is 6.03. The fourth-order valence-corrected chi connectivity index (χ4v) is 6.68. The average molecular weight is 406 g/mol. The fraction of sp³-hybridized carbons (Fsp3) is 0.957. The molecule has 4 atom stereocenters. The minimum Gasteiger partial charge on any atom is -0.377 e. The Labute approximate surface area is 175 Å². The van der Waals surface area contributed by atoms with Crippen LogP contribution in [0.25, 0.3) is 0 Å². The second kappa shape index (κ2) is 8.72. The highest BCUT2D eigenvalue weighted by atomic mass is 16.5. The third-order valence-electron chi connectivity index (χ3n) is 8.16. The van der Waals surface area contributed by atoms with Crippen LogP contribution in [0.2, 0.25) is 0 Å². The summed E-state index contributed by atoms with van der Waals surface area (Å²) in [4.78, 5) is 7.38. The highest BCUT2D eigenvalue weighted by Gasteiger charge is 2.65. The Morgan fingerprint density at radius 3 is 2.62 bits per heavy atom. The van der Waals surface area contributed by atoms with E-state index in [4.69, 9.17) is 19.2 Å². The highest BCUT2D eigenvalue weighted by molar-refractivity contribution is 5.80. The number of nitrogens with zero attached hydrogens (tertiary/aromatic N) is 2. The van der Waals surface area contributed by atoms with E-state index in [9.17, 15) is 0 Å². The zero-order chi connectivity index (χ0) is 19.7. The summed E-state index contributed by atoms with van der Waals surface area (Å²) in [7, 11) is 0. The largest absolute Gasteiger partial charge is 0.377 e. The van der Waals surface area contributed by atoms with Crippen LogP contribution in [0.3, 0.4) is 0 Å². The maximum Gasteiger partial charge on any atom is 0.194 e. The maximum atomic E-state index is 6.17. The van der Waals surface area contributed by atoms with E-state index in [0.717, 1.165) is 64.7 Å². The number of nitrogens with one attached hydrogen (secondary N) is 1. The van der Waals surface area contributed by atoms with Gasteiger partial charge in [-0.15, -0.1) is 0 Å². The Bertz CT molecular complexity index is 578. The van der Waals surface area contributed by atoms with Crippen LogP contribution in [0.5, 0.6) is 0 Å². The van der Waals surface area contributed by atoms with Crippen molar-refractivity contribution in [2.45, 2.75) is 89.1 Å². The van der Waals surface area contributed by atoms with Crippen molar-refractivity contribution in [2.75, 3.05) is 39.5 Å². The number of rotatable bonds is 5. The molecule has 2 aliphatic carbocycles. The minimum atomic E-state index is 0.328. The number of hydrogen-bond acceptors (Lipinski definition) is 4. The summed E-state index contributed by atoms with van der Waals surface area (Å²) in [5, 5.41) is 3.95. The summed E-state index contributed by atoms with van der Waals surface area (Å²) in [6.07, 6.45) is 12.3. The van der Waals surface area contributed by atoms with Crippen LogP contribution in [0, 0.1) is 11.3 Å². The predicted octanol–water partition coefficient (Wildman–Crippen LogP) is 2.96. The zero-order valence-corrected chi connectivity index (χ0v) is 18.1. The molecule has 6 heteroatoms. The molecule has 5 fully saturated rings. The SMILES string of the molecule is CCN=C(NC1C2CCOC2C12CCCC2)N1CCC(OCC2CCCO2)CC1. The summed E-state index contributed by atoms with van der Waals surface area (Å²) in [5.41, 5.74) is 0.373. The third kappa shape index (κ3) is 3.81. The van der Waals surface area contributed by atoms with Crippen LogP contribution in [0.15, 0.2) is 4.99 Å². The summed E-state index contributed by atoms with van der Waals surface area (Å²) < 4.78 is 18.0. The van der Waals surface area contributed by atoms with Crippen molar-refractivity contribution in [3.05, 3.63) is 0 Å². The lowest BCUT2D eigenvalue weighted by Gasteiger charge is -2.57. The van der Waals surface area contributed by atoms with Gasteiger partial charge in [0.1, 0.15) is 0 Å². The second-order valence-corrected chi connectivity index (χ2v) is 9.76. The van der Waals surface area contributed by atoms with Gasteiger partial charge in [-0.25, -0.2) is 0 Å². The number of fused-ring (bicyclic) bond motifs is 2. The van der Waals surface area contributed by atoms with E-state index in [2.05, 4.69) is 17.1 Å². The van der Waals surface area contributed by atoms with Gasteiger partial charge in [0, 0.05) is 50.2 Å². The number of guanidine groups is 1. The lowest BCUT2D eigenvalue weighted by Crippen LogP contribution is -2.69. The number of ether oxygens (including phenoxy) is 3. The van der Waals surface area contributed by atoms with Crippen molar-refractivity contribution in [3.63, 3.8) is 0 Å². The topological polar surface area (TPSA) is 55.3 Å². The molecule has 3 heterocycles. The molecule has 0 aromatic rings. The molecule has 5 rings (SSSR count). The van der Waals surface area contributed by atoms with Crippen LogP contribution in [-0.2, 0) is 14.2 Å². The molecule has 0 bridgehead atoms. The molecule has 3 aliphatic heterocycles. The molecule has 0 aromatic heterocycles. The van der Waals surface area contributed by atoms with E-state index < -0.39 is 0 Å². The minimum absolute atomic E-state index is 0.328. The monoisotopic (exact) mass is 405 g/mol. The van der Waals surface area contributed by atoms with Crippen LogP contribution in [0.4, 0.5) is 0 Å². The molecular weight excluding hydrogens is 366 g/mol. The molecule has 2 saturated carbocycles. The summed E-state index contributed by atoms with van der Waals surface area (Å²) in [6, 6.07) is 0.552. The number of aliphatic imine (C=N–C) groups is 1. The van der Waals surface area contributed by atoms with Gasteiger partial charge in [0.05, 0.1) is 24.9 Å². The van der Waals surface area contributed by atoms with Crippen molar-refractivity contribution < 1.29 is 14.2 Å². The van der Waals surface area contributed by atoms with Crippen LogP contribution in [0.1, 0.15) is 64.7 Å². The first kappa shape index (κ1) is 20.1. The molecule has 0 aromatic carbocycles. The third-order valence-corrected chi connectivity index (χ3v) is 8.16. The van der Waals surface area contributed by atoms with Gasteiger partial charge in [0.25, 0.3) is 0 Å². The van der Waals surface area contributed by atoms with Crippen LogP contribution < -0.4 is 5.32 Å². The van der Waals surface area contributed by atoms with E-state index in [-0.39, 0.29) is 0 Å². The van der Waals surface area contributed by atoms with Crippen molar-refractivity contribution in [2.24, 2.45) is 16.3 Å². The first-order valence-corrected chi connectivity index (χ1v) is 12.2. The van der Waals surface area contributed by atoms with Gasteiger partial charge in [-0.1, -0.05) is 12.8 Å². The highest BCUT2D eigenvalue weighted by Crippen LogP contribution is 2.60. The summed E-state index contributed by atoms with van der Waals surface area (Å²) in [6.45, 7) is 7.67. The molecule has 1 spiro atoms. The molecule has 6 nitrogen and oxygen atoms in total. The van der Waals surface area contributed by atoms with Crippen LogP contribution >= 0.6 is 0 Å². The van der Waals surface area contributed by atoms with E-state index >= 15 is 0 Å². The quantitative estimate of drug-likeness (QED) is 0.563. The van der Waals surface area contributed by atoms with Crippen molar-refractivity contribution in [1.82, 2.24) is 10.2 Å². The normalized spacial score (nSPS) is 37.1. The number of piperidine rings is 1. The molecule has 4 unspecified atom stereocenters. The lowest BCUT2D eigenvalue weighted by molar-refractivity contribution is -0.125. The van der Waals surface area contributed by atoms with Crippen LogP contribution in [-0.4, -0.2) is 74.7 Å². The Morgan fingerprint density at radius 2 is 1.90 bits per heavy atom.